The fourth-order valence-corrected chi connectivity index (χ4v) is 2.69. The van der Waals surface area contributed by atoms with E-state index in [1.54, 1.807) is 54.9 Å². The molecule has 0 aromatic carbocycles. The van der Waals surface area contributed by atoms with Gasteiger partial charge in [-0.2, -0.15) is 5.10 Å². The second-order valence-corrected chi connectivity index (χ2v) is 5.83. The smallest absolute Gasteiger partial charge is 0.237 e. The van der Waals surface area contributed by atoms with Gasteiger partial charge in [0, 0.05) is 43.1 Å². The molecular weight excluding hydrogens is 320 g/mol. The van der Waals surface area contributed by atoms with Gasteiger partial charge in [0.1, 0.15) is 0 Å². The Morgan fingerprint density at radius 2 is 2.12 bits per heavy atom. The fourth-order valence-electron chi connectivity index (χ4n) is 2.69. The number of rotatable bonds is 5. The topological polar surface area (TPSA) is 94.8 Å². The molecule has 0 unspecified atom stereocenters. The van der Waals surface area contributed by atoms with Crippen molar-refractivity contribution in [1.82, 2.24) is 24.7 Å². The molecule has 1 aliphatic carbocycles. The number of pyridine rings is 1. The highest BCUT2D eigenvalue weighted by molar-refractivity contribution is 6.00. The predicted octanol–water partition coefficient (Wildman–Crippen LogP) is 1.74. The van der Waals surface area contributed by atoms with Gasteiger partial charge < -0.3 is 10.1 Å². The summed E-state index contributed by atoms with van der Waals surface area (Å²) >= 11 is 0. The molecule has 0 atom stereocenters. The van der Waals surface area contributed by atoms with Crippen molar-refractivity contribution >= 4 is 11.7 Å². The van der Waals surface area contributed by atoms with Crippen LogP contribution in [0.25, 0.3) is 5.69 Å². The predicted molar refractivity (Wildman–Crippen MR) is 89.5 cm³/mol. The molecule has 4 rings (SSSR count). The standard InChI is InChI=1S/C17H16N6O2/c1-25-15-10-12(2-6-20-15)23-9-3-14(22-23)21-16(24)17(4-5-17)13-11-18-7-8-19-13/h2-3,6-11H,4-5H2,1H3,(H,21,22,24). The van der Waals surface area contributed by atoms with E-state index in [-0.39, 0.29) is 5.91 Å². The van der Waals surface area contributed by atoms with Gasteiger partial charge in [0.05, 0.1) is 23.9 Å². The van der Waals surface area contributed by atoms with Crippen LogP contribution in [0.5, 0.6) is 5.88 Å². The molecule has 8 heteroatoms. The monoisotopic (exact) mass is 336 g/mol. The van der Waals surface area contributed by atoms with Crippen LogP contribution in [0.3, 0.4) is 0 Å². The Morgan fingerprint density at radius 1 is 1.24 bits per heavy atom. The lowest BCUT2D eigenvalue weighted by atomic mass is 10.0. The number of ether oxygens (including phenoxy) is 1. The maximum Gasteiger partial charge on any atom is 0.237 e. The number of aromatic nitrogens is 5. The zero-order valence-electron chi connectivity index (χ0n) is 13.6. The van der Waals surface area contributed by atoms with E-state index in [1.165, 1.54) is 0 Å². The van der Waals surface area contributed by atoms with Crippen LogP contribution >= 0.6 is 0 Å². The van der Waals surface area contributed by atoms with Crippen molar-refractivity contribution in [3.63, 3.8) is 0 Å². The van der Waals surface area contributed by atoms with Crippen molar-refractivity contribution in [3.8, 4) is 11.6 Å². The molecule has 0 spiro atoms. The summed E-state index contributed by atoms with van der Waals surface area (Å²) < 4.78 is 6.77. The lowest BCUT2D eigenvalue weighted by Gasteiger charge is -2.12. The minimum Gasteiger partial charge on any atom is -0.481 e. The van der Waals surface area contributed by atoms with Crippen LogP contribution in [0.15, 0.2) is 49.2 Å². The van der Waals surface area contributed by atoms with E-state index in [2.05, 4.69) is 25.4 Å². The van der Waals surface area contributed by atoms with Crippen LogP contribution in [-0.4, -0.2) is 37.7 Å². The first-order valence-corrected chi connectivity index (χ1v) is 7.85. The Balaban J connectivity index is 1.52. The zero-order chi connectivity index (χ0) is 17.3. The van der Waals surface area contributed by atoms with Gasteiger partial charge in [0.25, 0.3) is 0 Å². The van der Waals surface area contributed by atoms with E-state index in [0.717, 1.165) is 18.5 Å². The van der Waals surface area contributed by atoms with E-state index in [0.29, 0.717) is 17.4 Å². The van der Waals surface area contributed by atoms with Gasteiger partial charge >= 0.3 is 0 Å². The van der Waals surface area contributed by atoms with E-state index < -0.39 is 5.41 Å². The lowest BCUT2D eigenvalue weighted by molar-refractivity contribution is -0.118. The zero-order valence-corrected chi connectivity index (χ0v) is 13.6. The maximum atomic E-state index is 12.7. The number of methoxy groups -OCH3 is 1. The Labute approximate surface area is 143 Å². The van der Waals surface area contributed by atoms with Gasteiger partial charge in [-0.15, -0.1) is 0 Å². The average Bonchev–Trinajstić information content (AvgIpc) is 3.36. The van der Waals surface area contributed by atoms with Crippen molar-refractivity contribution < 1.29 is 9.53 Å². The molecule has 8 nitrogen and oxygen atoms in total. The highest BCUT2D eigenvalue weighted by Gasteiger charge is 2.53. The molecule has 126 valence electrons. The van der Waals surface area contributed by atoms with E-state index >= 15 is 0 Å². The van der Waals surface area contributed by atoms with Gasteiger partial charge in [-0.05, 0) is 18.9 Å². The molecule has 0 radical (unpaired) electrons. The van der Waals surface area contributed by atoms with Crippen LogP contribution in [0.2, 0.25) is 0 Å². The molecule has 3 aromatic rings. The number of hydrogen-bond donors (Lipinski definition) is 1. The minimum absolute atomic E-state index is 0.106. The Morgan fingerprint density at radius 3 is 2.84 bits per heavy atom. The maximum absolute atomic E-state index is 12.7. The van der Waals surface area contributed by atoms with Crippen LogP contribution in [0.1, 0.15) is 18.5 Å². The van der Waals surface area contributed by atoms with Gasteiger partial charge in [0.15, 0.2) is 5.82 Å². The van der Waals surface area contributed by atoms with Gasteiger partial charge in [0.2, 0.25) is 11.8 Å². The molecule has 3 heterocycles. The number of carbonyl (C=O) groups excluding carboxylic acids is 1. The second-order valence-electron chi connectivity index (χ2n) is 5.83. The molecule has 0 saturated heterocycles. The van der Waals surface area contributed by atoms with Crippen molar-refractivity contribution in [2.45, 2.75) is 18.3 Å². The summed E-state index contributed by atoms with van der Waals surface area (Å²) in [7, 11) is 1.56. The van der Waals surface area contributed by atoms with Crippen molar-refractivity contribution in [2.24, 2.45) is 0 Å². The number of nitrogens with one attached hydrogen (secondary N) is 1. The van der Waals surface area contributed by atoms with Gasteiger partial charge in [-0.1, -0.05) is 0 Å². The summed E-state index contributed by atoms with van der Waals surface area (Å²) in [6.45, 7) is 0. The third-order valence-electron chi connectivity index (χ3n) is 4.26. The summed E-state index contributed by atoms with van der Waals surface area (Å²) in [5, 5.41) is 7.27. The van der Waals surface area contributed by atoms with Crippen LogP contribution in [0, 0.1) is 0 Å². The Kier molecular flexibility index (Phi) is 3.64. The van der Waals surface area contributed by atoms with Crippen LogP contribution in [-0.2, 0) is 10.2 Å². The van der Waals surface area contributed by atoms with Crippen molar-refractivity contribution in [1.29, 1.82) is 0 Å². The van der Waals surface area contributed by atoms with Gasteiger partial charge in [-0.25, -0.2) is 9.67 Å². The summed E-state index contributed by atoms with van der Waals surface area (Å²) in [5.41, 5.74) is 0.908. The number of carbonyl (C=O) groups is 1. The molecule has 25 heavy (non-hydrogen) atoms. The highest BCUT2D eigenvalue weighted by Crippen LogP contribution is 2.47. The van der Waals surface area contributed by atoms with E-state index in [9.17, 15) is 4.79 Å². The van der Waals surface area contributed by atoms with Crippen molar-refractivity contribution in [3.05, 3.63) is 54.9 Å². The normalized spacial score (nSPS) is 14.8. The first kappa shape index (κ1) is 15.3. The van der Waals surface area contributed by atoms with Gasteiger partial charge in [-0.3, -0.25) is 14.8 Å². The third kappa shape index (κ3) is 2.82. The number of hydrogen-bond acceptors (Lipinski definition) is 6. The summed E-state index contributed by atoms with van der Waals surface area (Å²) in [5.74, 6) is 0.875. The molecule has 1 fully saturated rings. The quantitative estimate of drug-likeness (QED) is 0.762. The van der Waals surface area contributed by atoms with E-state index in [1.807, 2.05) is 6.07 Å². The highest BCUT2D eigenvalue weighted by atomic mass is 16.5. The Hall–Kier alpha value is -3.29. The summed E-state index contributed by atoms with van der Waals surface area (Å²) in [6, 6.07) is 5.32. The first-order valence-electron chi connectivity index (χ1n) is 7.85. The summed E-state index contributed by atoms with van der Waals surface area (Å²) in [6.07, 6.45) is 9.79. The molecule has 0 aliphatic heterocycles. The van der Waals surface area contributed by atoms with Crippen LogP contribution in [0.4, 0.5) is 5.82 Å². The molecular formula is C17H16N6O2. The molecule has 1 saturated carbocycles. The Bertz CT molecular complexity index is 904. The third-order valence-corrected chi connectivity index (χ3v) is 4.26. The van der Waals surface area contributed by atoms with E-state index in [4.69, 9.17) is 4.74 Å². The largest absolute Gasteiger partial charge is 0.481 e. The molecule has 3 aromatic heterocycles. The number of nitrogens with zero attached hydrogens (tertiary/aromatic N) is 5. The molecule has 1 amide bonds. The van der Waals surface area contributed by atoms with Crippen LogP contribution < -0.4 is 10.1 Å². The minimum atomic E-state index is -0.585. The number of anilines is 1. The number of amides is 1. The first-order chi connectivity index (χ1) is 12.2. The fraction of sp³-hybridized carbons (Fsp3) is 0.235. The lowest BCUT2D eigenvalue weighted by Crippen LogP contribution is -2.29. The second kappa shape index (κ2) is 5.97. The average molecular weight is 336 g/mol. The molecule has 1 aliphatic rings. The molecule has 0 bridgehead atoms. The van der Waals surface area contributed by atoms with Crippen molar-refractivity contribution in [2.75, 3.05) is 12.4 Å². The molecule has 1 N–H and O–H groups in total. The SMILES string of the molecule is COc1cc(-n2ccc(NC(=O)C3(c4cnccn4)CC3)n2)ccn1. The summed E-state index contributed by atoms with van der Waals surface area (Å²) in [4.78, 5) is 25.1.